The molecule has 0 saturated heterocycles. The molecule has 2 nitrogen and oxygen atoms in total. The quantitative estimate of drug-likeness (QED) is 0.473. The van der Waals surface area contributed by atoms with E-state index in [0.717, 1.165) is 18.2 Å². The van der Waals surface area contributed by atoms with Crippen molar-refractivity contribution in [3.8, 4) is 0 Å². The topological polar surface area (TPSA) is 29.1 Å². The van der Waals surface area contributed by atoms with Crippen molar-refractivity contribution in [1.29, 1.82) is 0 Å². The smallest absolute Gasteiger partial charge is 0.322 e. The summed E-state index contributed by atoms with van der Waals surface area (Å²) < 4.78 is 107. The van der Waals surface area contributed by atoms with E-state index in [1.165, 1.54) is 0 Å². The van der Waals surface area contributed by atoms with E-state index >= 15 is 0 Å². The van der Waals surface area contributed by atoms with Gasteiger partial charge in [-0.1, -0.05) is 6.07 Å². The summed E-state index contributed by atoms with van der Waals surface area (Å²) in [6.07, 6.45) is -5.38. The second-order valence-corrected chi connectivity index (χ2v) is 6.48. The summed E-state index contributed by atoms with van der Waals surface area (Å²) in [5.74, 6) is -7.49. The van der Waals surface area contributed by atoms with Gasteiger partial charge in [-0.05, 0) is 41.5 Å². The Morgan fingerprint density at radius 2 is 1.39 bits per heavy atom. The largest absolute Gasteiger partial charge is 0.416 e. The third kappa shape index (κ3) is 5.01. The van der Waals surface area contributed by atoms with Gasteiger partial charge in [-0.3, -0.25) is 4.79 Å². The first-order valence-electron chi connectivity index (χ1n) is 8.55. The van der Waals surface area contributed by atoms with Crippen LogP contribution in [-0.2, 0) is 12.6 Å². The van der Waals surface area contributed by atoms with Gasteiger partial charge in [-0.15, -0.1) is 0 Å². The van der Waals surface area contributed by atoms with Crippen molar-refractivity contribution in [2.45, 2.75) is 12.6 Å². The highest BCUT2D eigenvalue weighted by Gasteiger charge is 2.33. The lowest BCUT2D eigenvalue weighted by Gasteiger charge is -2.14. The third-order valence-corrected chi connectivity index (χ3v) is 4.30. The second-order valence-electron chi connectivity index (χ2n) is 6.48. The highest BCUT2D eigenvalue weighted by atomic mass is 19.4. The number of anilines is 1. The van der Waals surface area contributed by atoms with Gasteiger partial charge in [0.15, 0.2) is 0 Å². The lowest BCUT2D eigenvalue weighted by molar-refractivity contribution is -0.138. The molecule has 0 fully saturated rings. The summed E-state index contributed by atoms with van der Waals surface area (Å²) in [7, 11) is 0. The molecule has 1 amide bonds. The average molecular weight is 445 g/mol. The Kier molecular flexibility index (Phi) is 6.01. The van der Waals surface area contributed by atoms with Crippen molar-refractivity contribution >= 4 is 11.6 Å². The fourth-order valence-corrected chi connectivity index (χ4v) is 2.91. The number of nitrogens with one attached hydrogen (secondary N) is 1. The van der Waals surface area contributed by atoms with Crippen LogP contribution < -0.4 is 5.32 Å². The van der Waals surface area contributed by atoms with E-state index in [4.69, 9.17) is 0 Å². The summed E-state index contributed by atoms with van der Waals surface area (Å²) in [5, 5.41) is 2.01. The highest BCUT2D eigenvalue weighted by molar-refractivity contribution is 6.04. The minimum Gasteiger partial charge on any atom is -0.322 e. The average Bonchev–Trinajstić information content (AvgIpc) is 2.62. The fraction of sp³-hybridized carbons (Fsp3) is 0.0952. The molecular formula is C21H11F8NO. The van der Waals surface area contributed by atoms with Crippen LogP contribution in [0.4, 0.5) is 40.8 Å². The Morgan fingerprint density at radius 3 is 1.97 bits per heavy atom. The Bertz CT molecular complexity index is 1130. The van der Waals surface area contributed by atoms with Crippen LogP contribution in [0.1, 0.15) is 27.0 Å². The van der Waals surface area contributed by atoms with E-state index in [-0.39, 0.29) is 11.3 Å². The van der Waals surface area contributed by atoms with Crippen molar-refractivity contribution in [2.75, 3.05) is 5.32 Å². The zero-order valence-electron chi connectivity index (χ0n) is 15.3. The van der Waals surface area contributed by atoms with Gasteiger partial charge in [0.25, 0.3) is 5.91 Å². The molecule has 0 aliphatic rings. The van der Waals surface area contributed by atoms with Gasteiger partial charge < -0.3 is 5.32 Å². The Labute approximate surface area is 170 Å². The normalized spacial score (nSPS) is 11.5. The maximum absolute atomic E-state index is 14.4. The summed E-state index contributed by atoms with van der Waals surface area (Å²) in [6.45, 7) is 0. The van der Waals surface area contributed by atoms with Gasteiger partial charge in [0.05, 0.1) is 5.56 Å². The highest BCUT2D eigenvalue weighted by Crippen LogP contribution is 2.34. The lowest BCUT2D eigenvalue weighted by Crippen LogP contribution is -2.16. The summed E-state index contributed by atoms with van der Waals surface area (Å²) in [6, 6.07) is 5.24. The number of hydrogen-bond acceptors (Lipinski definition) is 1. The van der Waals surface area contributed by atoms with Crippen LogP contribution >= 0.6 is 0 Å². The molecule has 0 aliphatic carbocycles. The zero-order valence-corrected chi connectivity index (χ0v) is 15.3. The predicted molar refractivity (Wildman–Crippen MR) is 94.9 cm³/mol. The van der Waals surface area contributed by atoms with Crippen molar-refractivity contribution in [2.24, 2.45) is 0 Å². The molecule has 0 heterocycles. The third-order valence-electron chi connectivity index (χ3n) is 4.30. The zero-order chi connectivity index (χ0) is 22.9. The van der Waals surface area contributed by atoms with Gasteiger partial charge in [0.1, 0.15) is 34.6 Å². The maximum Gasteiger partial charge on any atom is 0.416 e. The standard InChI is InChI=1S/C21H11F8NO/c22-12-2-4-15(21(27,28)29)11(6-12)5-10-1-3-14(9-16(10)24)30-20(31)19-17(25)7-13(23)8-18(19)26/h1-4,6-9H,5H2,(H,30,31). The van der Waals surface area contributed by atoms with E-state index in [2.05, 4.69) is 0 Å². The monoisotopic (exact) mass is 445 g/mol. The maximum atomic E-state index is 14.4. The fourth-order valence-electron chi connectivity index (χ4n) is 2.91. The minimum atomic E-state index is -4.78. The van der Waals surface area contributed by atoms with Crippen LogP contribution in [0.3, 0.4) is 0 Å². The molecule has 0 aliphatic heterocycles. The Morgan fingerprint density at radius 1 is 0.742 bits per heavy atom. The van der Waals surface area contributed by atoms with Crippen molar-refractivity contribution < 1.29 is 39.9 Å². The first kappa shape index (κ1) is 22.3. The number of benzene rings is 3. The number of rotatable bonds is 4. The molecule has 0 aromatic heterocycles. The van der Waals surface area contributed by atoms with Gasteiger partial charge in [0.2, 0.25) is 0 Å². The van der Waals surface area contributed by atoms with Crippen molar-refractivity contribution in [3.63, 3.8) is 0 Å². The van der Waals surface area contributed by atoms with E-state index in [1.807, 2.05) is 5.32 Å². The van der Waals surface area contributed by atoms with Crippen LogP contribution in [-0.4, -0.2) is 5.91 Å². The molecule has 0 bridgehead atoms. The van der Waals surface area contributed by atoms with E-state index < -0.39 is 64.3 Å². The predicted octanol–water partition coefficient (Wildman–Crippen LogP) is 6.24. The number of halogens is 8. The second kappa shape index (κ2) is 8.37. The minimum absolute atomic E-state index is 0.242. The van der Waals surface area contributed by atoms with Gasteiger partial charge in [-0.25, -0.2) is 22.0 Å². The van der Waals surface area contributed by atoms with Crippen molar-refractivity contribution in [3.05, 3.63) is 99.9 Å². The molecule has 0 unspecified atom stereocenters. The number of alkyl halides is 3. The molecule has 3 aromatic carbocycles. The Balaban J connectivity index is 1.85. The Hall–Kier alpha value is -3.43. The molecule has 0 spiro atoms. The van der Waals surface area contributed by atoms with E-state index in [9.17, 15) is 39.9 Å². The van der Waals surface area contributed by atoms with Gasteiger partial charge in [-0.2, -0.15) is 13.2 Å². The SMILES string of the molecule is O=C(Nc1ccc(Cc2cc(F)ccc2C(F)(F)F)c(F)c1)c1c(F)cc(F)cc1F. The lowest BCUT2D eigenvalue weighted by atomic mass is 9.98. The number of carbonyl (C=O) groups is 1. The molecule has 1 N–H and O–H groups in total. The molecule has 3 rings (SSSR count). The summed E-state index contributed by atoms with van der Waals surface area (Å²) >= 11 is 0. The van der Waals surface area contributed by atoms with Crippen LogP contribution in [0.25, 0.3) is 0 Å². The van der Waals surface area contributed by atoms with Crippen LogP contribution in [0.5, 0.6) is 0 Å². The molecular weight excluding hydrogens is 434 g/mol. The molecule has 3 aromatic rings. The summed E-state index contributed by atoms with van der Waals surface area (Å²) in [5.41, 5.74) is -3.23. The molecule has 0 radical (unpaired) electrons. The first-order valence-corrected chi connectivity index (χ1v) is 8.55. The van der Waals surface area contributed by atoms with E-state index in [1.54, 1.807) is 0 Å². The van der Waals surface area contributed by atoms with Gasteiger partial charge in [0, 0.05) is 24.2 Å². The first-order chi connectivity index (χ1) is 14.5. The van der Waals surface area contributed by atoms with E-state index in [0.29, 0.717) is 30.3 Å². The molecule has 10 heteroatoms. The molecule has 0 saturated carbocycles. The van der Waals surface area contributed by atoms with Crippen LogP contribution in [0, 0.1) is 29.1 Å². The molecule has 0 atom stereocenters. The number of hydrogen-bond donors (Lipinski definition) is 1. The molecule has 162 valence electrons. The summed E-state index contributed by atoms with van der Waals surface area (Å²) in [4.78, 5) is 12.0. The number of amides is 1. The van der Waals surface area contributed by atoms with Crippen LogP contribution in [0.15, 0.2) is 48.5 Å². The molecule has 31 heavy (non-hydrogen) atoms. The van der Waals surface area contributed by atoms with Gasteiger partial charge >= 0.3 is 6.18 Å². The van der Waals surface area contributed by atoms with Crippen LogP contribution in [0.2, 0.25) is 0 Å². The number of carbonyl (C=O) groups excluding carboxylic acids is 1. The van der Waals surface area contributed by atoms with Crippen molar-refractivity contribution in [1.82, 2.24) is 0 Å².